The van der Waals surface area contributed by atoms with Gasteiger partial charge in [0.2, 0.25) is 0 Å². The standard InChI is InChI=1S/C11H16N3OPS.C2H6/c15-10(9-5-17-7-12-9)14-6-11(1-2-11)3-8(14)4-13-16;1-2/h5,7-8,13H,1-4,6,16H2;1-2H3/t8-;/m0./s1. The fourth-order valence-corrected chi connectivity index (χ4v) is 3.52. The topological polar surface area (TPSA) is 45.2 Å². The van der Waals surface area contributed by atoms with Crippen molar-refractivity contribution in [1.82, 2.24) is 15.0 Å². The van der Waals surface area contributed by atoms with Gasteiger partial charge in [0.15, 0.2) is 0 Å². The number of rotatable bonds is 3. The van der Waals surface area contributed by atoms with Crippen molar-refractivity contribution in [2.45, 2.75) is 39.2 Å². The SMILES string of the molecule is CC.O=C(c1cscn1)N1CC2(CC2)C[C@H]1CNP. The number of hydrogen-bond donors (Lipinski definition) is 1. The third-order valence-corrected chi connectivity index (χ3v) is 4.66. The van der Waals surface area contributed by atoms with Gasteiger partial charge in [-0.15, -0.1) is 11.3 Å². The molecule has 1 unspecified atom stereocenters. The second-order valence-electron chi connectivity index (χ2n) is 5.07. The summed E-state index contributed by atoms with van der Waals surface area (Å²) in [4.78, 5) is 18.5. The monoisotopic (exact) mass is 299 g/mol. The summed E-state index contributed by atoms with van der Waals surface area (Å²) in [6, 6.07) is 0.323. The normalized spacial score (nSPS) is 23.1. The van der Waals surface area contributed by atoms with Crippen LogP contribution in [0.1, 0.15) is 43.6 Å². The number of carbonyl (C=O) groups excluding carboxylic acids is 1. The molecule has 1 aliphatic carbocycles. The Hall–Kier alpha value is -0.510. The number of carbonyl (C=O) groups is 1. The van der Waals surface area contributed by atoms with E-state index in [9.17, 15) is 4.79 Å². The summed E-state index contributed by atoms with van der Waals surface area (Å²) < 4.78 is 0. The van der Waals surface area contributed by atoms with Crippen molar-refractivity contribution in [3.63, 3.8) is 0 Å². The molecule has 1 spiro atoms. The van der Waals surface area contributed by atoms with Crippen LogP contribution >= 0.6 is 20.7 Å². The van der Waals surface area contributed by atoms with E-state index in [0.29, 0.717) is 17.2 Å². The summed E-state index contributed by atoms with van der Waals surface area (Å²) in [7, 11) is 2.52. The Labute approximate surface area is 121 Å². The highest BCUT2D eigenvalue weighted by atomic mass is 32.1. The number of hydrogen-bond acceptors (Lipinski definition) is 4. The second kappa shape index (κ2) is 6.29. The van der Waals surface area contributed by atoms with Gasteiger partial charge in [-0.2, -0.15) is 0 Å². The van der Waals surface area contributed by atoms with E-state index >= 15 is 0 Å². The van der Waals surface area contributed by atoms with Gasteiger partial charge in [0.05, 0.1) is 5.51 Å². The predicted octanol–water partition coefficient (Wildman–Crippen LogP) is 2.54. The largest absolute Gasteiger partial charge is 0.332 e. The Morgan fingerprint density at radius 2 is 2.37 bits per heavy atom. The van der Waals surface area contributed by atoms with E-state index in [4.69, 9.17) is 0 Å². The van der Waals surface area contributed by atoms with Crippen LogP contribution in [0.25, 0.3) is 0 Å². The Morgan fingerprint density at radius 1 is 1.63 bits per heavy atom. The number of thiazole rings is 1. The molecule has 1 saturated carbocycles. The van der Waals surface area contributed by atoms with Crippen LogP contribution in [-0.2, 0) is 0 Å². The molecule has 1 saturated heterocycles. The zero-order chi connectivity index (χ0) is 13.9. The number of nitrogens with zero attached hydrogens (tertiary/aromatic N) is 2. The van der Waals surface area contributed by atoms with Crippen molar-refractivity contribution in [1.29, 1.82) is 0 Å². The molecule has 1 amide bonds. The summed E-state index contributed by atoms with van der Waals surface area (Å²) >= 11 is 1.48. The Kier molecular flexibility index (Phi) is 4.93. The number of likely N-dealkylation sites (tertiary alicyclic amines) is 1. The Morgan fingerprint density at radius 3 is 2.89 bits per heavy atom. The molecule has 2 heterocycles. The van der Waals surface area contributed by atoms with E-state index in [0.717, 1.165) is 19.5 Å². The van der Waals surface area contributed by atoms with E-state index in [1.54, 1.807) is 5.51 Å². The molecule has 2 atom stereocenters. The van der Waals surface area contributed by atoms with Crippen LogP contribution in [0.2, 0.25) is 0 Å². The van der Waals surface area contributed by atoms with Gasteiger partial charge in [-0.25, -0.2) is 4.98 Å². The lowest BCUT2D eigenvalue weighted by molar-refractivity contribution is 0.0728. The molecule has 1 aromatic heterocycles. The van der Waals surface area contributed by atoms with Gasteiger partial charge in [0.1, 0.15) is 5.69 Å². The molecule has 6 heteroatoms. The minimum atomic E-state index is 0.0975. The molecule has 2 fully saturated rings. The fraction of sp³-hybridized carbons (Fsp3) is 0.692. The molecular weight excluding hydrogens is 277 g/mol. The van der Waals surface area contributed by atoms with E-state index in [-0.39, 0.29) is 5.91 Å². The van der Waals surface area contributed by atoms with Crippen molar-refractivity contribution in [2.24, 2.45) is 5.41 Å². The highest BCUT2D eigenvalue weighted by molar-refractivity contribution is 7.13. The highest BCUT2D eigenvalue weighted by Crippen LogP contribution is 2.54. The van der Waals surface area contributed by atoms with Crippen LogP contribution in [0.3, 0.4) is 0 Å². The molecule has 0 aromatic carbocycles. The van der Waals surface area contributed by atoms with Gasteiger partial charge in [-0.05, 0) is 24.7 Å². The third kappa shape index (κ3) is 3.15. The first-order valence-corrected chi connectivity index (χ1v) is 8.39. The van der Waals surface area contributed by atoms with Gasteiger partial charge in [0, 0.05) is 24.5 Å². The van der Waals surface area contributed by atoms with E-state index in [1.807, 2.05) is 24.1 Å². The van der Waals surface area contributed by atoms with Crippen LogP contribution < -0.4 is 5.09 Å². The van der Waals surface area contributed by atoms with Crippen molar-refractivity contribution in [3.05, 3.63) is 16.6 Å². The molecule has 4 nitrogen and oxygen atoms in total. The molecule has 1 N–H and O–H groups in total. The van der Waals surface area contributed by atoms with Crippen molar-refractivity contribution in [3.8, 4) is 0 Å². The van der Waals surface area contributed by atoms with Crippen molar-refractivity contribution in [2.75, 3.05) is 13.1 Å². The van der Waals surface area contributed by atoms with Gasteiger partial charge in [-0.3, -0.25) is 9.88 Å². The lowest BCUT2D eigenvalue weighted by atomic mass is 10.0. The maximum absolute atomic E-state index is 12.3. The third-order valence-electron chi connectivity index (χ3n) is 3.84. The van der Waals surface area contributed by atoms with Gasteiger partial charge >= 0.3 is 0 Å². The van der Waals surface area contributed by atoms with Gasteiger partial charge in [-0.1, -0.05) is 23.2 Å². The molecule has 0 radical (unpaired) electrons. The number of nitrogens with one attached hydrogen (secondary N) is 1. The molecule has 1 aromatic rings. The maximum Gasteiger partial charge on any atom is 0.273 e. The lowest BCUT2D eigenvalue weighted by Gasteiger charge is -2.23. The molecule has 19 heavy (non-hydrogen) atoms. The maximum atomic E-state index is 12.3. The van der Waals surface area contributed by atoms with E-state index < -0.39 is 0 Å². The quantitative estimate of drug-likeness (QED) is 0.872. The van der Waals surface area contributed by atoms with Crippen molar-refractivity contribution >= 4 is 26.6 Å². The van der Waals surface area contributed by atoms with E-state index in [1.165, 1.54) is 24.2 Å². The zero-order valence-electron chi connectivity index (χ0n) is 11.6. The summed E-state index contributed by atoms with van der Waals surface area (Å²) in [5, 5.41) is 4.95. The molecule has 2 aliphatic rings. The molecule has 3 rings (SSSR count). The summed E-state index contributed by atoms with van der Waals surface area (Å²) in [6.45, 7) is 5.77. The van der Waals surface area contributed by atoms with Gasteiger partial charge in [0.25, 0.3) is 5.91 Å². The number of amides is 1. The average molecular weight is 299 g/mol. The van der Waals surface area contributed by atoms with E-state index in [2.05, 4.69) is 19.5 Å². The fourth-order valence-electron chi connectivity index (χ4n) is 2.73. The minimum Gasteiger partial charge on any atom is -0.332 e. The first-order valence-electron chi connectivity index (χ1n) is 6.87. The predicted molar refractivity (Wildman–Crippen MR) is 82.3 cm³/mol. The highest BCUT2D eigenvalue weighted by Gasteiger charge is 2.53. The van der Waals surface area contributed by atoms with Crippen LogP contribution in [-0.4, -0.2) is 34.9 Å². The second-order valence-corrected chi connectivity index (χ2v) is 6.20. The molecule has 1 aliphatic heterocycles. The smallest absolute Gasteiger partial charge is 0.273 e. The first-order chi connectivity index (χ1) is 9.24. The molecule has 106 valence electrons. The van der Waals surface area contributed by atoms with Crippen molar-refractivity contribution < 1.29 is 4.79 Å². The molecule has 0 bridgehead atoms. The van der Waals surface area contributed by atoms with Crippen LogP contribution in [0.5, 0.6) is 0 Å². The summed E-state index contributed by atoms with van der Waals surface area (Å²) in [6.07, 6.45) is 3.70. The lowest BCUT2D eigenvalue weighted by Crippen LogP contribution is -2.40. The minimum absolute atomic E-state index is 0.0975. The van der Waals surface area contributed by atoms with Crippen LogP contribution in [0, 0.1) is 5.41 Å². The summed E-state index contributed by atoms with van der Waals surface area (Å²) in [5.74, 6) is 0.0975. The van der Waals surface area contributed by atoms with Crippen LogP contribution in [0.4, 0.5) is 0 Å². The summed E-state index contributed by atoms with van der Waals surface area (Å²) in [5.41, 5.74) is 2.76. The zero-order valence-corrected chi connectivity index (χ0v) is 13.5. The Balaban J connectivity index is 0.000000637. The first kappa shape index (κ1) is 14.9. The number of aromatic nitrogens is 1. The van der Waals surface area contributed by atoms with Crippen LogP contribution in [0.15, 0.2) is 10.9 Å². The van der Waals surface area contributed by atoms with Gasteiger partial charge < -0.3 is 4.90 Å². The average Bonchev–Trinajstić information content (AvgIpc) is 2.86. The Bertz CT molecular complexity index is 420. The molecular formula is C13H22N3OPS.